The van der Waals surface area contributed by atoms with Crippen molar-refractivity contribution in [1.82, 2.24) is 24.8 Å². The first-order valence-corrected chi connectivity index (χ1v) is 11.8. The first-order valence-electron chi connectivity index (χ1n) is 11.8. The zero-order chi connectivity index (χ0) is 21.6. The topological polar surface area (TPSA) is 83.4 Å². The standard InChI is InChI=1S/C23H34N6O2/c1-2-29-20-19(8-6-11-24-20)26-21(23(29)31)28-16-9-18(10-17-28)22(30)25-12-7-15-27-13-4-3-5-14-27/h6,8,11,18H,2-5,7,9-10,12-17H2,1H3,(H,25,30). The Morgan fingerprint density at radius 2 is 1.94 bits per heavy atom. The van der Waals surface area contributed by atoms with Gasteiger partial charge in [-0.2, -0.15) is 0 Å². The molecule has 0 atom stereocenters. The number of pyridine rings is 1. The van der Waals surface area contributed by atoms with E-state index < -0.39 is 0 Å². The van der Waals surface area contributed by atoms with E-state index in [9.17, 15) is 9.59 Å². The van der Waals surface area contributed by atoms with Gasteiger partial charge in [0.1, 0.15) is 5.52 Å². The average molecular weight is 427 g/mol. The van der Waals surface area contributed by atoms with Crippen LogP contribution in [-0.4, -0.2) is 64.6 Å². The number of nitrogens with zero attached hydrogens (tertiary/aromatic N) is 5. The maximum Gasteiger partial charge on any atom is 0.295 e. The Bertz CT molecular complexity index is 945. The van der Waals surface area contributed by atoms with Gasteiger partial charge in [0.05, 0.1) is 0 Å². The van der Waals surface area contributed by atoms with Crippen molar-refractivity contribution < 1.29 is 4.79 Å². The zero-order valence-corrected chi connectivity index (χ0v) is 18.6. The fourth-order valence-corrected chi connectivity index (χ4v) is 4.76. The van der Waals surface area contributed by atoms with Crippen molar-refractivity contribution in [2.45, 2.75) is 52.0 Å². The highest BCUT2D eigenvalue weighted by atomic mass is 16.2. The molecule has 4 heterocycles. The van der Waals surface area contributed by atoms with Gasteiger partial charge in [-0.1, -0.05) is 6.42 Å². The van der Waals surface area contributed by atoms with E-state index in [1.807, 2.05) is 24.0 Å². The van der Waals surface area contributed by atoms with Crippen molar-refractivity contribution in [3.05, 3.63) is 28.7 Å². The molecule has 0 aromatic carbocycles. The van der Waals surface area contributed by atoms with E-state index in [-0.39, 0.29) is 17.4 Å². The number of aromatic nitrogens is 3. The first kappa shape index (κ1) is 21.7. The first-order chi connectivity index (χ1) is 15.2. The molecule has 2 aliphatic heterocycles. The Labute approximate surface area is 183 Å². The molecule has 2 aromatic rings. The third kappa shape index (κ3) is 5.06. The molecule has 2 aliphatic rings. The van der Waals surface area contributed by atoms with E-state index in [4.69, 9.17) is 0 Å². The minimum Gasteiger partial charge on any atom is -0.356 e. The summed E-state index contributed by atoms with van der Waals surface area (Å²) in [6.07, 6.45) is 8.15. The van der Waals surface area contributed by atoms with Crippen LogP contribution in [0.4, 0.5) is 5.82 Å². The van der Waals surface area contributed by atoms with Crippen LogP contribution in [0.1, 0.15) is 45.4 Å². The SMILES string of the molecule is CCn1c(=O)c(N2CCC(C(=O)NCCCN3CCCCC3)CC2)nc2cccnc21. The smallest absolute Gasteiger partial charge is 0.295 e. The normalized spacial score (nSPS) is 18.4. The quantitative estimate of drug-likeness (QED) is 0.682. The molecular formula is C23H34N6O2. The van der Waals surface area contributed by atoms with Crippen molar-refractivity contribution in [2.75, 3.05) is 44.2 Å². The lowest BCUT2D eigenvalue weighted by Gasteiger charge is -2.32. The van der Waals surface area contributed by atoms with Crippen LogP contribution in [0.25, 0.3) is 11.2 Å². The Morgan fingerprint density at radius 3 is 2.68 bits per heavy atom. The van der Waals surface area contributed by atoms with Gasteiger partial charge >= 0.3 is 0 Å². The lowest BCUT2D eigenvalue weighted by atomic mass is 9.96. The number of amides is 1. The number of aryl methyl sites for hydroxylation is 1. The predicted octanol–water partition coefficient (Wildman–Crippen LogP) is 2.02. The minimum absolute atomic E-state index is 0.0155. The summed E-state index contributed by atoms with van der Waals surface area (Å²) in [5, 5.41) is 3.13. The lowest BCUT2D eigenvalue weighted by molar-refractivity contribution is -0.125. The summed E-state index contributed by atoms with van der Waals surface area (Å²) in [5.74, 6) is 0.643. The van der Waals surface area contributed by atoms with Crippen molar-refractivity contribution in [1.29, 1.82) is 0 Å². The highest BCUT2D eigenvalue weighted by Crippen LogP contribution is 2.21. The van der Waals surface area contributed by atoms with E-state index in [2.05, 4.69) is 20.2 Å². The molecule has 0 unspecified atom stereocenters. The van der Waals surface area contributed by atoms with E-state index in [1.54, 1.807) is 10.8 Å². The molecule has 1 N–H and O–H groups in total. The maximum absolute atomic E-state index is 13.0. The highest BCUT2D eigenvalue weighted by molar-refractivity contribution is 5.79. The zero-order valence-electron chi connectivity index (χ0n) is 18.6. The van der Waals surface area contributed by atoms with Crippen LogP contribution in [0.5, 0.6) is 0 Å². The summed E-state index contributed by atoms with van der Waals surface area (Å²) in [6.45, 7) is 8.06. The van der Waals surface area contributed by atoms with Gasteiger partial charge in [0.25, 0.3) is 5.56 Å². The molecular weight excluding hydrogens is 392 g/mol. The van der Waals surface area contributed by atoms with Gasteiger partial charge in [0, 0.05) is 38.3 Å². The second-order valence-electron chi connectivity index (χ2n) is 8.64. The molecule has 31 heavy (non-hydrogen) atoms. The number of hydrogen-bond donors (Lipinski definition) is 1. The highest BCUT2D eigenvalue weighted by Gasteiger charge is 2.27. The molecule has 0 saturated carbocycles. The van der Waals surface area contributed by atoms with Crippen molar-refractivity contribution >= 4 is 22.9 Å². The lowest BCUT2D eigenvalue weighted by Crippen LogP contribution is -2.43. The Balaban J connectivity index is 1.30. The number of fused-ring (bicyclic) bond motifs is 1. The number of hydrogen-bond acceptors (Lipinski definition) is 6. The van der Waals surface area contributed by atoms with Crippen LogP contribution < -0.4 is 15.8 Å². The van der Waals surface area contributed by atoms with Gasteiger partial charge in [0.2, 0.25) is 5.91 Å². The molecule has 2 fully saturated rings. The molecule has 4 rings (SSSR count). The monoisotopic (exact) mass is 426 g/mol. The summed E-state index contributed by atoms with van der Waals surface area (Å²) in [4.78, 5) is 39.0. The molecule has 0 radical (unpaired) electrons. The van der Waals surface area contributed by atoms with Gasteiger partial charge < -0.3 is 15.1 Å². The average Bonchev–Trinajstić information content (AvgIpc) is 2.82. The molecule has 0 bridgehead atoms. The molecule has 2 aromatic heterocycles. The van der Waals surface area contributed by atoms with Crippen molar-refractivity contribution in [2.24, 2.45) is 5.92 Å². The fraction of sp³-hybridized carbons (Fsp3) is 0.652. The summed E-state index contributed by atoms with van der Waals surface area (Å²) >= 11 is 0. The van der Waals surface area contributed by atoms with Crippen molar-refractivity contribution in [3.63, 3.8) is 0 Å². The number of rotatable bonds is 7. The summed E-state index contributed by atoms with van der Waals surface area (Å²) in [5.41, 5.74) is 1.25. The van der Waals surface area contributed by atoms with E-state index in [0.29, 0.717) is 31.1 Å². The molecule has 8 nitrogen and oxygen atoms in total. The number of carbonyl (C=O) groups is 1. The largest absolute Gasteiger partial charge is 0.356 e. The van der Waals surface area contributed by atoms with Crippen molar-refractivity contribution in [3.8, 4) is 0 Å². The van der Waals surface area contributed by atoms with Crippen LogP contribution in [0, 0.1) is 5.92 Å². The van der Waals surface area contributed by atoms with E-state index >= 15 is 0 Å². The summed E-state index contributed by atoms with van der Waals surface area (Å²) in [6, 6.07) is 3.73. The van der Waals surface area contributed by atoms with Gasteiger partial charge in [-0.05, 0) is 70.8 Å². The number of piperidine rings is 2. The molecule has 168 valence electrons. The second kappa shape index (κ2) is 10.2. The second-order valence-corrected chi connectivity index (χ2v) is 8.64. The van der Waals surface area contributed by atoms with Crippen LogP contribution in [-0.2, 0) is 11.3 Å². The molecule has 2 saturated heterocycles. The van der Waals surface area contributed by atoms with Crippen LogP contribution in [0.3, 0.4) is 0 Å². The van der Waals surface area contributed by atoms with Gasteiger partial charge in [-0.25, -0.2) is 9.97 Å². The van der Waals surface area contributed by atoms with Crippen LogP contribution in [0.15, 0.2) is 23.1 Å². The number of nitrogens with one attached hydrogen (secondary N) is 1. The number of anilines is 1. The van der Waals surface area contributed by atoms with Gasteiger partial charge in [-0.15, -0.1) is 0 Å². The fourth-order valence-electron chi connectivity index (χ4n) is 4.76. The molecule has 8 heteroatoms. The third-order valence-corrected chi connectivity index (χ3v) is 6.57. The van der Waals surface area contributed by atoms with E-state index in [0.717, 1.165) is 37.9 Å². The van der Waals surface area contributed by atoms with Crippen LogP contribution in [0.2, 0.25) is 0 Å². The molecule has 1 amide bonds. The third-order valence-electron chi connectivity index (χ3n) is 6.57. The van der Waals surface area contributed by atoms with Gasteiger partial charge in [0.15, 0.2) is 11.5 Å². The Kier molecular flexibility index (Phi) is 7.17. The number of likely N-dealkylation sites (tertiary alicyclic amines) is 1. The summed E-state index contributed by atoms with van der Waals surface area (Å²) in [7, 11) is 0. The predicted molar refractivity (Wildman–Crippen MR) is 122 cm³/mol. The van der Waals surface area contributed by atoms with E-state index in [1.165, 1.54) is 32.4 Å². The minimum atomic E-state index is -0.102. The Morgan fingerprint density at radius 1 is 1.16 bits per heavy atom. The van der Waals surface area contributed by atoms with Gasteiger partial charge in [-0.3, -0.25) is 14.2 Å². The van der Waals surface area contributed by atoms with Crippen LogP contribution >= 0.6 is 0 Å². The molecule has 0 spiro atoms. The number of carbonyl (C=O) groups excluding carboxylic acids is 1. The summed E-state index contributed by atoms with van der Waals surface area (Å²) < 4.78 is 1.68. The molecule has 0 aliphatic carbocycles. The maximum atomic E-state index is 13.0. The Hall–Kier alpha value is -2.48.